The number of carbonyl (C=O) groups excluding carboxylic acids is 2. The highest BCUT2D eigenvalue weighted by molar-refractivity contribution is 5.99. The van der Waals surface area contributed by atoms with E-state index in [9.17, 15) is 28.3 Å². The summed E-state index contributed by atoms with van der Waals surface area (Å²) >= 11 is 0. The molecule has 10 heteroatoms. The van der Waals surface area contributed by atoms with E-state index in [0.717, 1.165) is 12.1 Å². The van der Waals surface area contributed by atoms with E-state index in [4.69, 9.17) is 4.74 Å². The van der Waals surface area contributed by atoms with E-state index in [1.54, 1.807) is 12.0 Å². The second-order valence-corrected chi connectivity index (χ2v) is 8.86. The van der Waals surface area contributed by atoms with Crippen LogP contribution in [0.25, 0.3) is 0 Å². The van der Waals surface area contributed by atoms with Gasteiger partial charge in [0.1, 0.15) is 17.2 Å². The molecule has 2 unspecified atom stereocenters. The Morgan fingerprint density at radius 3 is 2.59 bits per heavy atom. The molecule has 0 saturated carbocycles. The normalized spacial score (nSPS) is 21.7. The number of nitrogens with zero attached hydrogens (tertiary/aromatic N) is 2. The zero-order valence-corrected chi connectivity index (χ0v) is 19.3. The van der Waals surface area contributed by atoms with Gasteiger partial charge in [-0.25, -0.2) is 8.78 Å². The minimum Gasteiger partial charge on any atom is -0.503 e. The lowest BCUT2D eigenvalue weighted by Crippen LogP contribution is -2.51. The second kappa shape index (κ2) is 8.83. The van der Waals surface area contributed by atoms with Gasteiger partial charge in [-0.15, -0.1) is 0 Å². The number of amides is 2. The van der Waals surface area contributed by atoms with Gasteiger partial charge in [0.25, 0.3) is 11.8 Å². The summed E-state index contributed by atoms with van der Waals surface area (Å²) in [5.41, 5.74) is -2.27. The van der Waals surface area contributed by atoms with E-state index in [2.05, 4.69) is 5.32 Å². The number of pyridine rings is 1. The summed E-state index contributed by atoms with van der Waals surface area (Å²) in [6.07, 6.45) is 3.18. The zero-order valence-electron chi connectivity index (χ0n) is 19.3. The molecule has 2 bridgehead atoms. The lowest BCUT2D eigenvalue weighted by Gasteiger charge is -2.43. The van der Waals surface area contributed by atoms with Crippen molar-refractivity contribution in [3.8, 4) is 5.75 Å². The molecule has 2 aliphatic rings. The minimum absolute atomic E-state index is 0.190. The molecule has 0 aliphatic carbocycles. The molecule has 2 amide bonds. The van der Waals surface area contributed by atoms with Crippen molar-refractivity contribution in [2.24, 2.45) is 0 Å². The molecular weight excluding hydrogens is 448 g/mol. The van der Waals surface area contributed by atoms with Crippen molar-refractivity contribution >= 4 is 11.8 Å². The lowest BCUT2D eigenvalue weighted by atomic mass is 9.85. The van der Waals surface area contributed by atoms with Crippen LogP contribution in [0.5, 0.6) is 5.75 Å². The van der Waals surface area contributed by atoms with E-state index in [-0.39, 0.29) is 11.3 Å². The summed E-state index contributed by atoms with van der Waals surface area (Å²) in [6.45, 7) is 3.76. The summed E-state index contributed by atoms with van der Waals surface area (Å²) in [4.78, 5) is 40.3. The van der Waals surface area contributed by atoms with Crippen molar-refractivity contribution in [3.63, 3.8) is 0 Å². The van der Waals surface area contributed by atoms with Crippen molar-refractivity contribution < 1.29 is 28.2 Å². The summed E-state index contributed by atoms with van der Waals surface area (Å²) < 4.78 is 35.7. The van der Waals surface area contributed by atoms with Gasteiger partial charge in [0.15, 0.2) is 11.4 Å². The quantitative estimate of drug-likeness (QED) is 0.693. The maximum absolute atomic E-state index is 14.2. The second-order valence-electron chi connectivity index (χ2n) is 8.86. The van der Waals surface area contributed by atoms with E-state index in [1.165, 1.54) is 17.7 Å². The highest BCUT2D eigenvalue weighted by Crippen LogP contribution is 2.41. The third-order valence-electron chi connectivity index (χ3n) is 7.03. The van der Waals surface area contributed by atoms with Crippen LogP contribution in [0.2, 0.25) is 0 Å². The Balaban J connectivity index is 1.75. The number of halogens is 2. The maximum Gasteiger partial charge on any atom is 0.274 e. The fourth-order valence-corrected chi connectivity index (χ4v) is 5.07. The van der Waals surface area contributed by atoms with Crippen LogP contribution in [0.3, 0.4) is 0 Å². The van der Waals surface area contributed by atoms with E-state index < -0.39 is 58.4 Å². The van der Waals surface area contributed by atoms with Gasteiger partial charge in [-0.2, -0.15) is 0 Å². The van der Waals surface area contributed by atoms with Gasteiger partial charge in [0.05, 0.1) is 11.6 Å². The highest BCUT2D eigenvalue weighted by Gasteiger charge is 2.47. The van der Waals surface area contributed by atoms with E-state index in [1.807, 2.05) is 6.92 Å². The van der Waals surface area contributed by atoms with Crippen molar-refractivity contribution in [1.29, 1.82) is 0 Å². The topological polar surface area (TPSA) is 101 Å². The largest absolute Gasteiger partial charge is 0.503 e. The molecular formula is C24H27F2N3O5. The first-order valence-electron chi connectivity index (χ1n) is 11.2. The van der Waals surface area contributed by atoms with Gasteiger partial charge >= 0.3 is 0 Å². The van der Waals surface area contributed by atoms with Gasteiger partial charge in [-0.3, -0.25) is 14.4 Å². The number of carbonyl (C=O) groups is 2. The van der Waals surface area contributed by atoms with Gasteiger partial charge in [0.2, 0.25) is 5.43 Å². The number of nitrogens with one attached hydrogen (secondary N) is 1. The lowest BCUT2D eigenvalue weighted by molar-refractivity contribution is -0.0635. The maximum atomic E-state index is 14.2. The first-order valence-corrected chi connectivity index (χ1v) is 11.2. The Morgan fingerprint density at radius 2 is 1.97 bits per heavy atom. The average Bonchev–Trinajstić information content (AvgIpc) is 2.97. The number of hydrogen-bond acceptors (Lipinski definition) is 5. The summed E-state index contributed by atoms with van der Waals surface area (Å²) in [6, 6.07) is 1.84. The van der Waals surface area contributed by atoms with Crippen LogP contribution in [0, 0.1) is 18.6 Å². The molecule has 0 spiro atoms. The Hall–Kier alpha value is -3.27. The van der Waals surface area contributed by atoms with Crippen LogP contribution in [-0.4, -0.2) is 52.2 Å². The molecule has 1 aromatic heterocycles. The third-order valence-corrected chi connectivity index (χ3v) is 7.03. The number of aromatic nitrogens is 1. The van der Waals surface area contributed by atoms with E-state index >= 15 is 0 Å². The van der Waals surface area contributed by atoms with Crippen molar-refractivity contribution in [1.82, 2.24) is 14.8 Å². The monoisotopic (exact) mass is 475 g/mol. The number of benzene rings is 1. The molecule has 8 nitrogen and oxygen atoms in total. The van der Waals surface area contributed by atoms with Gasteiger partial charge in [-0.1, -0.05) is 6.92 Å². The molecule has 1 aromatic carbocycles. The molecule has 1 fully saturated rings. The average molecular weight is 475 g/mol. The Morgan fingerprint density at radius 1 is 1.29 bits per heavy atom. The summed E-state index contributed by atoms with van der Waals surface area (Å²) in [7, 11) is 1.58. The smallest absolute Gasteiger partial charge is 0.274 e. The van der Waals surface area contributed by atoms with Crippen LogP contribution < -0.4 is 10.7 Å². The van der Waals surface area contributed by atoms with Crippen LogP contribution in [0.1, 0.15) is 64.2 Å². The predicted molar refractivity (Wildman–Crippen MR) is 119 cm³/mol. The molecule has 0 radical (unpaired) electrons. The van der Waals surface area contributed by atoms with Crippen LogP contribution >= 0.6 is 0 Å². The number of fused-ring (bicyclic) bond motifs is 4. The molecule has 3 heterocycles. The van der Waals surface area contributed by atoms with Crippen LogP contribution in [-0.2, 0) is 11.3 Å². The highest BCUT2D eigenvalue weighted by atomic mass is 19.1. The first kappa shape index (κ1) is 23.9. The summed E-state index contributed by atoms with van der Waals surface area (Å²) in [5.74, 6) is -3.88. The number of aryl methyl sites for hydroxylation is 1. The van der Waals surface area contributed by atoms with Gasteiger partial charge in [-0.05, 0) is 43.9 Å². The minimum atomic E-state index is -1.03. The number of hydrogen-bond donors (Lipinski definition) is 2. The molecule has 182 valence electrons. The molecule has 2 aromatic rings. The van der Waals surface area contributed by atoms with Gasteiger partial charge in [0, 0.05) is 38.5 Å². The fraction of sp³-hybridized carbons (Fsp3) is 0.458. The summed E-state index contributed by atoms with van der Waals surface area (Å²) in [5, 5.41) is 13.0. The van der Waals surface area contributed by atoms with Crippen molar-refractivity contribution in [2.45, 2.75) is 51.3 Å². The number of ether oxygens (including phenoxy) is 1. The van der Waals surface area contributed by atoms with Crippen molar-refractivity contribution in [3.05, 3.63) is 62.6 Å². The Labute approximate surface area is 195 Å². The molecule has 2 aliphatic heterocycles. The third kappa shape index (κ3) is 3.75. The number of rotatable bonds is 5. The molecule has 2 N–H and O–H groups in total. The predicted octanol–water partition coefficient (Wildman–Crippen LogP) is 2.66. The molecule has 2 atom stereocenters. The van der Waals surface area contributed by atoms with Gasteiger partial charge < -0.3 is 24.6 Å². The standard InChI is InChI=1S/C24H27F2N3O5/c1-4-24(34-3)6-5-7-28-12-18(24)29-11-15(20(30)21(31)19(29)23(28)33)22(32)27-10-14-16(25)8-13(2)9-17(14)26/h8-9,11,18,31H,4-7,10,12H2,1-3H3,(H,27,32). The van der Waals surface area contributed by atoms with Crippen LogP contribution in [0.15, 0.2) is 23.1 Å². The number of aromatic hydroxyl groups is 1. The number of methoxy groups -OCH3 is 1. The van der Waals surface area contributed by atoms with Crippen LogP contribution in [0.4, 0.5) is 8.78 Å². The fourth-order valence-electron chi connectivity index (χ4n) is 5.07. The molecule has 34 heavy (non-hydrogen) atoms. The first-order chi connectivity index (χ1) is 16.1. The van der Waals surface area contributed by atoms with E-state index in [0.29, 0.717) is 37.9 Å². The SMILES string of the molecule is CCC1(OC)CCCN2CC1n1cc(C(=O)NCc3c(F)cc(C)cc3F)c(=O)c(O)c1C2=O. The molecule has 1 saturated heterocycles. The Bertz CT molecular complexity index is 1200. The zero-order chi connectivity index (χ0) is 24.8. The molecule has 4 rings (SSSR count). The Kier molecular flexibility index (Phi) is 6.20. The van der Waals surface area contributed by atoms with Crippen molar-refractivity contribution in [2.75, 3.05) is 20.2 Å².